The van der Waals surface area contributed by atoms with Crippen LogP contribution in [0.2, 0.25) is 0 Å². The Balaban J connectivity index is 1.60. The lowest BCUT2D eigenvalue weighted by Crippen LogP contribution is -2.62. The largest absolute Gasteiger partial charge is 0.481 e. The van der Waals surface area contributed by atoms with Gasteiger partial charge in [-0.25, -0.2) is 0 Å². The minimum atomic E-state index is -0.670. The Morgan fingerprint density at radius 1 is 1.04 bits per heavy atom. The third kappa shape index (κ3) is 5.05. The van der Waals surface area contributed by atoms with Crippen LogP contribution in [0.25, 0.3) is 0 Å². The number of carbonyl (C=O) groups is 1. The third-order valence-corrected chi connectivity index (χ3v) is 5.99. The van der Waals surface area contributed by atoms with Crippen LogP contribution in [0, 0.1) is 0 Å². The van der Waals surface area contributed by atoms with Crippen LogP contribution in [-0.2, 0) is 11.3 Å². The summed E-state index contributed by atoms with van der Waals surface area (Å²) in [6, 6.07) is 10.9. The van der Waals surface area contributed by atoms with E-state index in [4.69, 9.17) is 5.11 Å². The molecule has 0 radical (unpaired) electrons. The minimum absolute atomic E-state index is 0.305. The quantitative estimate of drug-likeness (QED) is 0.765. The first-order valence-corrected chi connectivity index (χ1v) is 9.91. The molecule has 1 saturated carbocycles. The molecule has 2 fully saturated rings. The topological polar surface area (TPSA) is 43.8 Å². The first-order valence-electron chi connectivity index (χ1n) is 9.91. The Kier molecular flexibility index (Phi) is 6.49. The number of unbranched alkanes of at least 4 members (excludes halogenated alkanes) is 1. The smallest absolute Gasteiger partial charge is 0.303 e. The average molecular weight is 344 g/mol. The summed E-state index contributed by atoms with van der Waals surface area (Å²) in [5, 5.41) is 8.80. The Labute approximate surface area is 151 Å². The summed E-state index contributed by atoms with van der Waals surface area (Å²) in [7, 11) is 0. The van der Waals surface area contributed by atoms with Gasteiger partial charge in [0.2, 0.25) is 0 Å². The maximum atomic E-state index is 10.7. The second kappa shape index (κ2) is 8.81. The van der Waals surface area contributed by atoms with Gasteiger partial charge in [0.1, 0.15) is 0 Å². The van der Waals surface area contributed by atoms with Crippen LogP contribution in [0.1, 0.15) is 56.9 Å². The van der Waals surface area contributed by atoms with Crippen molar-refractivity contribution in [3.05, 3.63) is 35.9 Å². The number of nitrogens with zero attached hydrogens (tertiary/aromatic N) is 2. The molecule has 3 rings (SSSR count). The zero-order chi connectivity index (χ0) is 17.5. The van der Waals surface area contributed by atoms with Gasteiger partial charge in [0.15, 0.2) is 0 Å². The molecule has 1 aliphatic carbocycles. The molecule has 0 bridgehead atoms. The van der Waals surface area contributed by atoms with Crippen molar-refractivity contribution in [2.24, 2.45) is 0 Å². The zero-order valence-electron chi connectivity index (χ0n) is 15.3. The van der Waals surface area contributed by atoms with E-state index in [2.05, 4.69) is 40.1 Å². The maximum absolute atomic E-state index is 10.7. The van der Waals surface area contributed by atoms with Gasteiger partial charge in [-0.3, -0.25) is 9.69 Å². The lowest BCUT2D eigenvalue weighted by molar-refractivity contribution is -0.137. The molecule has 1 aliphatic heterocycles. The van der Waals surface area contributed by atoms with Crippen LogP contribution < -0.4 is 0 Å². The van der Waals surface area contributed by atoms with Crippen molar-refractivity contribution in [1.29, 1.82) is 0 Å². The molecule has 1 aromatic rings. The second-order valence-corrected chi connectivity index (χ2v) is 7.82. The van der Waals surface area contributed by atoms with Gasteiger partial charge in [0.05, 0.1) is 0 Å². The van der Waals surface area contributed by atoms with Crippen LogP contribution in [0.4, 0.5) is 0 Å². The summed E-state index contributed by atoms with van der Waals surface area (Å²) in [6.45, 7) is 5.52. The van der Waals surface area contributed by atoms with E-state index < -0.39 is 5.97 Å². The van der Waals surface area contributed by atoms with Crippen molar-refractivity contribution in [2.75, 3.05) is 26.2 Å². The van der Waals surface area contributed by atoms with E-state index in [9.17, 15) is 4.79 Å². The predicted molar refractivity (Wildman–Crippen MR) is 101 cm³/mol. The van der Waals surface area contributed by atoms with E-state index in [0.717, 1.165) is 45.6 Å². The molecule has 1 spiro atoms. The lowest BCUT2D eigenvalue weighted by atomic mass is 9.78. The van der Waals surface area contributed by atoms with Crippen molar-refractivity contribution >= 4 is 5.97 Å². The van der Waals surface area contributed by atoms with E-state index >= 15 is 0 Å². The van der Waals surface area contributed by atoms with E-state index in [1.165, 1.54) is 37.7 Å². The number of aliphatic carboxylic acids is 1. The molecule has 1 N–H and O–H groups in total. The maximum Gasteiger partial charge on any atom is 0.303 e. The number of benzene rings is 1. The van der Waals surface area contributed by atoms with Crippen LogP contribution in [0.15, 0.2) is 30.3 Å². The van der Waals surface area contributed by atoms with Crippen molar-refractivity contribution < 1.29 is 9.90 Å². The molecule has 138 valence electrons. The first kappa shape index (κ1) is 18.4. The molecule has 2 aliphatic rings. The Morgan fingerprint density at radius 3 is 2.52 bits per heavy atom. The number of carboxylic acid groups (broad SMARTS) is 1. The van der Waals surface area contributed by atoms with Crippen LogP contribution in [0.5, 0.6) is 0 Å². The highest BCUT2D eigenvalue weighted by atomic mass is 16.4. The molecule has 0 atom stereocenters. The predicted octanol–water partition coefficient (Wildman–Crippen LogP) is 3.76. The van der Waals surface area contributed by atoms with E-state index in [0.29, 0.717) is 12.0 Å². The monoisotopic (exact) mass is 344 g/mol. The molecule has 0 amide bonds. The summed E-state index contributed by atoms with van der Waals surface area (Å²) >= 11 is 0. The number of hydrogen-bond acceptors (Lipinski definition) is 3. The fourth-order valence-electron chi connectivity index (χ4n) is 4.63. The van der Waals surface area contributed by atoms with Gasteiger partial charge in [0, 0.05) is 38.1 Å². The van der Waals surface area contributed by atoms with Gasteiger partial charge in [-0.2, -0.15) is 0 Å². The van der Waals surface area contributed by atoms with Gasteiger partial charge in [-0.05, 0) is 37.8 Å². The van der Waals surface area contributed by atoms with Gasteiger partial charge in [-0.1, -0.05) is 49.6 Å². The highest BCUT2D eigenvalue weighted by molar-refractivity contribution is 5.66. The number of rotatable bonds is 7. The van der Waals surface area contributed by atoms with Crippen LogP contribution >= 0.6 is 0 Å². The van der Waals surface area contributed by atoms with Gasteiger partial charge >= 0.3 is 5.97 Å². The van der Waals surface area contributed by atoms with Gasteiger partial charge in [0.25, 0.3) is 0 Å². The molecule has 1 saturated heterocycles. The highest BCUT2D eigenvalue weighted by Gasteiger charge is 2.41. The lowest BCUT2D eigenvalue weighted by Gasteiger charge is -2.53. The summed E-state index contributed by atoms with van der Waals surface area (Å²) in [5.41, 5.74) is 1.75. The second-order valence-electron chi connectivity index (χ2n) is 7.82. The van der Waals surface area contributed by atoms with Crippen molar-refractivity contribution in [3.63, 3.8) is 0 Å². The molecule has 4 heteroatoms. The van der Waals surface area contributed by atoms with Crippen LogP contribution in [0.3, 0.4) is 0 Å². The summed E-state index contributed by atoms with van der Waals surface area (Å²) in [5.74, 6) is -0.670. The molecular formula is C21H32N2O2. The van der Waals surface area contributed by atoms with Crippen molar-refractivity contribution in [2.45, 2.75) is 63.5 Å². The summed E-state index contributed by atoms with van der Waals surface area (Å²) < 4.78 is 0. The van der Waals surface area contributed by atoms with E-state index in [-0.39, 0.29) is 0 Å². The van der Waals surface area contributed by atoms with Gasteiger partial charge < -0.3 is 10.0 Å². The Bertz CT molecular complexity index is 540. The minimum Gasteiger partial charge on any atom is -0.481 e. The van der Waals surface area contributed by atoms with E-state index in [1.807, 2.05) is 0 Å². The molecule has 1 aromatic carbocycles. The number of carboxylic acids is 1. The summed E-state index contributed by atoms with van der Waals surface area (Å²) in [6.07, 6.45) is 8.79. The standard InChI is InChI=1S/C21H32N2O2/c24-20(25)11-5-8-14-22-15-16-23(17-19-9-3-1-4-10-19)21(18-22)12-6-2-7-13-21/h1,3-4,9-10H,2,5-8,11-18H2,(H,24,25). The van der Waals surface area contributed by atoms with Crippen molar-refractivity contribution in [1.82, 2.24) is 9.80 Å². The first-order chi connectivity index (χ1) is 12.2. The fourth-order valence-corrected chi connectivity index (χ4v) is 4.63. The fraction of sp³-hybridized carbons (Fsp3) is 0.667. The zero-order valence-corrected chi connectivity index (χ0v) is 15.3. The molecule has 25 heavy (non-hydrogen) atoms. The molecule has 1 heterocycles. The van der Waals surface area contributed by atoms with Gasteiger partial charge in [-0.15, -0.1) is 0 Å². The van der Waals surface area contributed by atoms with E-state index in [1.54, 1.807) is 0 Å². The SMILES string of the molecule is O=C(O)CCCCN1CCN(Cc2ccccc2)C2(CCCCC2)C1. The number of hydrogen-bond donors (Lipinski definition) is 1. The summed E-state index contributed by atoms with van der Waals surface area (Å²) in [4.78, 5) is 16.0. The Hall–Kier alpha value is -1.39. The molecule has 0 aromatic heterocycles. The molecule has 4 nitrogen and oxygen atoms in total. The highest BCUT2D eigenvalue weighted by Crippen LogP contribution is 2.37. The Morgan fingerprint density at radius 2 is 1.80 bits per heavy atom. The average Bonchev–Trinajstić information content (AvgIpc) is 2.62. The van der Waals surface area contributed by atoms with Crippen molar-refractivity contribution in [3.8, 4) is 0 Å². The van der Waals surface area contributed by atoms with Crippen LogP contribution in [-0.4, -0.2) is 52.6 Å². The normalized spacial score (nSPS) is 21.4. The number of piperazine rings is 1. The third-order valence-electron chi connectivity index (χ3n) is 5.99. The molecular weight excluding hydrogens is 312 g/mol. The molecule has 0 unspecified atom stereocenters.